The molecule has 0 saturated carbocycles. The van der Waals surface area contributed by atoms with Gasteiger partial charge in [0.05, 0.1) is 6.54 Å². The molecule has 2 aromatic rings. The molecule has 9 heteroatoms. The third-order valence-electron chi connectivity index (χ3n) is 2.56. The fraction of sp³-hybridized carbons (Fsp3) is 0.400. The van der Waals surface area contributed by atoms with Crippen LogP contribution in [0.4, 0.5) is 5.82 Å². The van der Waals surface area contributed by atoms with Gasteiger partial charge in [-0.25, -0.2) is 13.1 Å². The van der Waals surface area contributed by atoms with Crippen molar-refractivity contribution in [3.63, 3.8) is 0 Å². The van der Waals surface area contributed by atoms with Crippen molar-refractivity contribution in [1.82, 2.24) is 24.3 Å². The molecule has 0 spiro atoms. The minimum absolute atomic E-state index is 0.00781. The zero-order chi connectivity index (χ0) is 13.9. The molecule has 2 heterocycles. The number of hydrogen-bond donors (Lipinski definition) is 2. The van der Waals surface area contributed by atoms with Crippen molar-refractivity contribution in [2.45, 2.75) is 24.9 Å². The summed E-state index contributed by atoms with van der Waals surface area (Å²) in [5, 5.41) is 7.90. The number of aromatic nitrogens is 4. The summed E-state index contributed by atoms with van der Waals surface area (Å²) in [6.45, 7) is 3.11. The standard InChI is InChI=1S/C10H16N6O2S/c1-2-15-8-9(10(11)14-15)19(17,18)13-5-7-16-6-3-4-12-16/h3-4,6,8,13H,2,5,7H2,1H3,(H2,11,14). The molecule has 0 aliphatic rings. The van der Waals surface area contributed by atoms with E-state index >= 15 is 0 Å². The summed E-state index contributed by atoms with van der Waals surface area (Å²) >= 11 is 0. The summed E-state index contributed by atoms with van der Waals surface area (Å²) < 4.78 is 29.7. The summed E-state index contributed by atoms with van der Waals surface area (Å²) in [5.74, 6) is 0.00781. The summed E-state index contributed by atoms with van der Waals surface area (Å²) in [7, 11) is -3.63. The minimum atomic E-state index is -3.63. The molecule has 0 fully saturated rings. The molecule has 0 bridgehead atoms. The number of sulfonamides is 1. The lowest BCUT2D eigenvalue weighted by Crippen LogP contribution is -2.27. The van der Waals surface area contributed by atoms with Crippen LogP contribution in [0.1, 0.15) is 6.92 Å². The largest absolute Gasteiger partial charge is 0.381 e. The monoisotopic (exact) mass is 284 g/mol. The lowest BCUT2D eigenvalue weighted by atomic mass is 10.6. The van der Waals surface area contributed by atoms with Crippen LogP contribution >= 0.6 is 0 Å². The Morgan fingerprint density at radius 3 is 2.79 bits per heavy atom. The highest BCUT2D eigenvalue weighted by Crippen LogP contribution is 2.15. The zero-order valence-corrected chi connectivity index (χ0v) is 11.3. The van der Waals surface area contributed by atoms with Gasteiger partial charge in [0.1, 0.15) is 4.90 Å². The van der Waals surface area contributed by atoms with E-state index in [4.69, 9.17) is 5.73 Å². The van der Waals surface area contributed by atoms with Crippen LogP contribution in [0, 0.1) is 0 Å². The van der Waals surface area contributed by atoms with E-state index in [0.29, 0.717) is 13.1 Å². The van der Waals surface area contributed by atoms with Crippen LogP contribution in [0.2, 0.25) is 0 Å². The first kappa shape index (κ1) is 13.6. The van der Waals surface area contributed by atoms with E-state index in [9.17, 15) is 8.42 Å². The predicted octanol–water partition coefficient (Wildman–Crippen LogP) is -0.340. The fourth-order valence-corrected chi connectivity index (χ4v) is 2.68. The Morgan fingerprint density at radius 1 is 1.42 bits per heavy atom. The van der Waals surface area contributed by atoms with E-state index in [2.05, 4.69) is 14.9 Å². The molecule has 0 atom stereocenters. The van der Waals surface area contributed by atoms with Crippen LogP contribution < -0.4 is 10.5 Å². The van der Waals surface area contributed by atoms with Gasteiger partial charge in [0.15, 0.2) is 5.82 Å². The first-order chi connectivity index (χ1) is 9.03. The van der Waals surface area contributed by atoms with Gasteiger partial charge in [-0.3, -0.25) is 9.36 Å². The van der Waals surface area contributed by atoms with E-state index in [1.165, 1.54) is 10.9 Å². The second-order valence-corrected chi connectivity index (χ2v) is 5.64. The Morgan fingerprint density at radius 2 is 2.21 bits per heavy atom. The van der Waals surface area contributed by atoms with Crippen LogP contribution in [-0.2, 0) is 23.1 Å². The van der Waals surface area contributed by atoms with E-state index in [1.54, 1.807) is 23.1 Å². The normalized spacial score (nSPS) is 11.8. The average molecular weight is 284 g/mol. The predicted molar refractivity (Wildman–Crippen MR) is 69.7 cm³/mol. The molecule has 0 amide bonds. The van der Waals surface area contributed by atoms with Gasteiger partial charge in [-0.15, -0.1) is 0 Å². The highest BCUT2D eigenvalue weighted by Gasteiger charge is 2.20. The maximum atomic E-state index is 12.0. The van der Waals surface area contributed by atoms with E-state index in [1.807, 2.05) is 6.92 Å². The quantitative estimate of drug-likeness (QED) is 0.754. The van der Waals surface area contributed by atoms with Crippen LogP contribution in [0.3, 0.4) is 0 Å². The Balaban J connectivity index is 2.03. The van der Waals surface area contributed by atoms with Crippen molar-refractivity contribution >= 4 is 15.8 Å². The first-order valence-corrected chi connectivity index (χ1v) is 7.31. The highest BCUT2D eigenvalue weighted by molar-refractivity contribution is 7.89. The van der Waals surface area contributed by atoms with Crippen molar-refractivity contribution in [2.24, 2.45) is 0 Å². The molecule has 0 unspecified atom stereocenters. The molecule has 8 nitrogen and oxygen atoms in total. The van der Waals surface area contributed by atoms with Crippen LogP contribution in [0.25, 0.3) is 0 Å². The van der Waals surface area contributed by atoms with Gasteiger partial charge in [0, 0.05) is 31.7 Å². The number of nitrogens with zero attached hydrogens (tertiary/aromatic N) is 4. The van der Waals surface area contributed by atoms with Gasteiger partial charge in [-0.1, -0.05) is 0 Å². The summed E-state index contributed by atoms with van der Waals surface area (Å²) in [4.78, 5) is 0.00909. The molecule has 19 heavy (non-hydrogen) atoms. The highest BCUT2D eigenvalue weighted by atomic mass is 32.2. The molecule has 0 radical (unpaired) electrons. The van der Waals surface area contributed by atoms with Gasteiger partial charge in [-0.2, -0.15) is 10.2 Å². The first-order valence-electron chi connectivity index (χ1n) is 5.83. The SMILES string of the molecule is CCn1cc(S(=O)(=O)NCCn2cccn2)c(N)n1. The van der Waals surface area contributed by atoms with E-state index in [0.717, 1.165) is 0 Å². The van der Waals surface area contributed by atoms with Crippen LogP contribution in [0.15, 0.2) is 29.6 Å². The van der Waals surface area contributed by atoms with Crippen molar-refractivity contribution in [3.8, 4) is 0 Å². The number of nitrogen functional groups attached to an aromatic ring is 1. The molecule has 2 aromatic heterocycles. The van der Waals surface area contributed by atoms with Gasteiger partial charge in [-0.05, 0) is 13.0 Å². The van der Waals surface area contributed by atoms with Gasteiger partial charge in [0.25, 0.3) is 0 Å². The topological polar surface area (TPSA) is 108 Å². The Kier molecular flexibility index (Phi) is 3.86. The molecular formula is C10H16N6O2S. The number of anilines is 1. The van der Waals surface area contributed by atoms with Gasteiger partial charge in [0.2, 0.25) is 10.0 Å². The lowest BCUT2D eigenvalue weighted by molar-refractivity contribution is 0.561. The number of hydrogen-bond acceptors (Lipinski definition) is 5. The minimum Gasteiger partial charge on any atom is -0.381 e. The van der Waals surface area contributed by atoms with E-state index < -0.39 is 10.0 Å². The summed E-state index contributed by atoms with van der Waals surface area (Å²) in [6.07, 6.45) is 4.82. The molecule has 104 valence electrons. The maximum Gasteiger partial charge on any atom is 0.245 e. The summed E-state index contributed by atoms with van der Waals surface area (Å²) in [5.41, 5.74) is 5.60. The Labute approximate surface area is 111 Å². The molecule has 0 aliphatic carbocycles. The van der Waals surface area contributed by atoms with Crippen molar-refractivity contribution < 1.29 is 8.42 Å². The van der Waals surface area contributed by atoms with E-state index in [-0.39, 0.29) is 17.3 Å². The van der Waals surface area contributed by atoms with Crippen molar-refractivity contribution in [1.29, 1.82) is 0 Å². The Hall–Kier alpha value is -1.87. The second kappa shape index (κ2) is 5.41. The smallest absolute Gasteiger partial charge is 0.245 e. The lowest BCUT2D eigenvalue weighted by Gasteiger charge is -2.05. The number of aryl methyl sites for hydroxylation is 1. The molecule has 0 saturated heterocycles. The molecule has 0 aliphatic heterocycles. The number of rotatable bonds is 6. The number of nitrogens with two attached hydrogens (primary N) is 1. The van der Waals surface area contributed by atoms with Crippen LogP contribution in [0.5, 0.6) is 0 Å². The second-order valence-electron chi connectivity index (χ2n) is 3.90. The fourth-order valence-electron chi connectivity index (χ4n) is 1.59. The Bertz CT molecular complexity index is 631. The zero-order valence-electron chi connectivity index (χ0n) is 10.5. The number of nitrogens with one attached hydrogen (secondary N) is 1. The maximum absolute atomic E-state index is 12.0. The third kappa shape index (κ3) is 3.12. The molecule has 0 aromatic carbocycles. The van der Waals surface area contributed by atoms with Gasteiger partial charge >= 0.3 is 0 Å². The van der Waals surface area contributed by atoms with Crippen molar-refractivity contribution in [2.75, 3.05) is 12.3 Å². The molecule has 2 rings (SSSR count). The van der Waals surface area contributed by atoms with Gasteiger partial charge < -0.3 is 5.73 Å². The molecule has 3 N–H and O–H groups in total. The summed E-state index contributed by atoms with van der Waals surface area (Å²) in [6, 6.07) is 1.78. The van der Waals surface area contributed by atoms with Crippen LogP contribution in [-0.4, -0.2) is 34.5 Å². The average Bonchev–Trinajstić information content (AvgIpc) is 2.98. The van der Waals surface area contributed by atoms with Crippen molar-refractivity contribution in [3.05, 3.63) is 24.7 Å². The molecular weight excluding hydrogens is 268 g/mol. The third-order valence-corrected chi connectivity index (χ3v) is 4.04.